The summed E-state index contributed by atoms with van der Waals surface area (Å²) >= 11 is 0. The summed E-state index contributed by atoms with van der Waals surface area (Å²) in [4.78, 5) is 10.6. The van der Waals surface area contributed by atoms with Crippen molar-refractivity contribution in [2.75, 3.05) is 6.61 Å². The lowest BCUT2D eigenvalue weighted by atomic mass is 10.0. The van der Waals surface area contributed by atoms with Crippen molar-refractivity contribution in [3.63, 3.8) is 0 Å². The number of unbranched alkanes of at least 4 members (excludes halogenated alkanes) is 6. The molecule has 0 aromatic heterocycles. The highest BCUT2D eigenvalue weighted by Gasteiger charge is 1.98. The van der Waals surface area contributed by atoms with E-state index in [1.54, 1.807) is 0 Å². The molecule has 0 N–H and O–H groups in total. The second-order valence-electron chi connectivity index (χ2n) is 5.44. The van der Waals surface area contributed by atoms with Crippen molar-refractivity contribution < 1.29 is 9.53 Å². The Morgan fingerprint density at radius 1 is 1.11 bits per heavy atom. The highest BCUT2D eigenvalue weighted by molar-refractivity contribution is 5.65. The number of ether oxygens (including phenoxy) is 1. The molecule has 0 bridgehead atoms. The third kappa shape index (κ3) is 15.2. The molecule has 112 valence electrons. The average molecular weight is 268 g/mol. The normalized spacial score (nSPS) is 12.8. The van der Waals surface area contributed by atoms with Crippen LogP contribution < -0.4 is 0 Å². The fraction of sp³-hybridized carbons (Fsp3) is 0.824. The Balaban J connectivity index is 3.24. The van der Waals surface area contributed by atoms with Gasteiger partial charge < -0.3 is 4.74 Å². The number of carbonyl (C=O) groups is 1. The molecular weight excluding hydrogens is 236 g/mol. The number of carbonyl (C=O) groups excluding carboxylic acids is 1. The number of hydrogen-bond donors (Lipinski definition) is 0. The van der Waals surface area contributed by atoms with Crippen LogP contribution in [0.15, 0.2) is 12.2 Å². The van der Waals surface area contributed by atoms with Gasteiger partial charge in [-0.3, -0.25) is 4.79 Å². The van der Waals surface area contributed by atoms with Crippen LogP contribution in [-0.2, 0) is 9.53 Å². The Labute approximate surface area is 119 Å². The maximum absolute atomic E-state index is 10.6. The Hall–Kier alpha value is -0.790. The fourth-order valence-corrected chi connectivity index (χ4v) is 2.06. The van der Waals surface area contributed by atoms with Crippen molar-refractivity contribution in [2.45, 2.75) is 78.6 Å². The first-order valence-electron chi connectivity index (χ1n) is 7.96. The maximum atomic E-state index is 10.6. The van der Waals surface area contributed by atoms with Gasteiger partial charge in [-0.05, 0) is 25.2 Å². The van der Waals surface area contributed by atoms with E-state index in [0.29, 0.717) is 6.61 Å². The summed E-state index contributed by atoms with van der Waals surface area (Å²) in [5.74, 6) is 0.557. The SMILES string of the molecule is CCCC/C=C/C(C)CCCCCCCOC(C)=O. The lowest BCUT2D eigenvalue weighted by Crippen LogP contribution is -2.00. The number of allylic oxidation sites excluding steroid dienone is 2. The van der Waals surface area contributed by atoms with Crippen molar-refractivity contribution in [3.05, 3.63) is 12.2 Å². The van der Waals surface area contributed by atoms with Gasteiger partial charge in [0.05, 0.1) is 6.61 Å². The number of hydrogen-bond acceptors (Lipinski definition) is 2. The van der Waals surface area contributed by atoms with Crippen molar-refractivity contribution in [1.82, 2.24) is 0 Å². The predicted octanol–water partition coefficient (Wildman–Crippen LogP) is 5.27. The minimum atomic E-state index is -0.163. The molecular formula is C17H32O2. The fourth-order valence-electron chi connectivity index (χ4n) is 2.06. The quantitative estimate of drug-likeness (QED) is 0.274. The van der Waals surface area contributed by atoms with Crippen molar-refractivity contribution in [1.29, 1.82) is 0 Å². The summed E-state index contributed by atoms with van der Waals surface area (Å²) in [6, 6.07) is 0. The van der Waals surface area contributed by atoms with E-state index >= 15 is 0 Å². The van der Waals surface area contributed by atoms with Crippen molar-refractivity contribution in [3.8, 4) is 0 Å². The summed E-state index contributed by atoms with van der Waals surface area (Å²) in [5, 5.41) is 0. The van der Waals surface area contributed by atoms with Crippen LogP contribution >= 0.6 is 0 Å². The van der Waals surface area contributed by atoms with Crippen LogP contribution in [0.4, 0.5) is 0 Å². The van der Waals surface area contributed by atoms with Gasteiger partial charge in [0.2, 0.25) is 0 Å². The van der Waals surface area contributed by atoms with Gasteiger partial charge in [0.15, 0.2) is 0 Å². The second-order valence-corrected chi connectivity index (χ2v) is 5.44. The van der Waals surface area contributed by atoms with Crippen molar-refractivity contribution in [2.24, 2.45) is 5.92 Å². The van der Waals surface area contributed by atoms with Gasteiger partial charge in [-0.2, -0.15) is 0 Å². The van der Waals surface area contributed by atoms with E-state index < -0.39 is 0 Å². The molecule has 0 aliphatic rings. The van der Waals surface area contributed by atoms with Crippen LogP contribution in [0.2, 0.25) is 0 Å². The molecule has 0 radical (unpaired) electrons. The molecule has 2 nitrogen and oxygen atoms in total. The minimum Gasteiger partial charge on any atom is -0.466 e. The molecule has 1 atom stereocenters. The molecule has 2 heteroatoms. The molecule has 0 saturated heterocycles. The topological polar surface area (TPSA) is 26.3 Å². The molecule has 0 aromatic carbocycles. The van der Waals surface area contributed by atoms with Gasteiger partial charge in [0.25, 0.3) is 0 Å². The summed E-state index contributed by atoms with van der Waals surface area (Å²) in [5.41, 5.74) is 0. The van der Waals surface area contributed by atoms with Crippen LogP contribution in [0.1, 0.15) is 78.6 Å². The molecule has 0 aromatic rings. The Morgan fingerprint density at radius 2 is 1.79 bits per heavy atom. The standard InChI is InChI=1S/C17H32O2/c1-4-5-6-10-13-16(2)14-11-8-7-9-12-15-19-17(3)18/h10,13,16H,4-9,11-12,14-15H2,1-3H3/b13-10+. The van der Waals surface area contributed by atoms with E-state index in [2.05, 4.69) is 26.0 Å². The molecule has 0 amide bonds. The zero-order valence-electron chi connectivity index (χ0n) is 13.1. The maximum Gasteiger partial charge on any atom is 0.302 e. The van der Waals surface area contributed by atoms with Gasteiger partial charge in [0, 0.05) is 6.92 Å². The lowest BCUT2D eigenvalue weighted by molar-refractivity contribution is -0.141. The largest absolute Gasteiger partial charge is 0.466 e. The first-order chi connectivity index (χ1) is 9.16. The zero-order valence-corrected chi connectivity index (χ0v) is 13.1. The first kappa shape index (κ1) is 18.2. The summed E-state index contributed by atoms with van der Waals surface area (Å²) in [7, 11) is 0. The molecule has 0 aliphatic heterocycles. The molecule has 0 spiro atoms. The Morgan fingerprint density at radius 3 is 2.47 bits per heavy atom. The van der Waals surface area contributed by atoms with Crippen LogP contribution in [0, 0.1) is 5.92 Å². The predicted molar refractivity (Wildman–Crippen MR) is 82.2 cm³/mol. The van der Waals surface area contributed by atoms with Crippen LogP contribution in [0.5, 0.6) is 0 Å². The van der Waals surface area contributed by atoms with Gasteiger partial charge in [-0.25, -0.2) is 0 Å². The smallest absolute Gasteiger partial charge is 0.302 e. The number of esters is 1. The third-order valence-electron chi connectivity index (χ3n) is 3.30. The van der Waals surface area contributed by atoms with Gasteiger partial charge in [-0.1, -0.05) is 64.5 Å². The monoisotopic (exact) mass is 268 g/mol. The van der Waals surface area contributed by atoms with Crippen LogP contribution in [0.3, 0.4) is 0 Å². The summed E-state index contributed by atoms with van der Waals surface area (Å²) < 4.78 is 4.90. The zero-order chi connectivity index (χ0) is 14.3. The van der Waals surface area contributed by atoms with E-state index in [1.165, 1.54) is 58.3 Å². The Bertz CT molecular complexity index is 233. The summed E-state index contributed by atoms with van der Waals surface area (Å²) in [6.07, 6.45) is 15.9. The highest BCUT2D eigenvalue weighted by Crippen LogP contribution is 2.13. The molecule has 0 fully saturated rings. The first-order valence-corrected chi connectivity index (χ1v) is 7.96. The van der Waals surface area contributed by atoms with E-state index in [9.17, 15) is 4.79 Å². The Kier molecular flexibility index (Phi) is 13.1. The van der Waals surface area contributed by atoms with E-state index in [0.717, 1.165) is 12.3 Å². The molecule has 0 aliphatic carbocycles. The molecule has 0 heterocycles. The average Bonchev–Trinajstić information content (AvgIpc) is 2.37. The molecule has 0 saturated carbocycles. The van der Waals surface area contributed by atoms with Crippen LogP contribution in [0.25, 0.3) is 0 Å². The minimum absolute atomic E-state index is 0.163. The van der Waals surface area contributed by atoms with Crippen LogP contribution in [-0.4, -0.2) is 12.6 Å². The van der Waals surface area contributed by atoms with E-state index in [4.69, 9.17) is 4.74 Å². The van der Waals surface area contributed by atoms with Gasteiger partial charge >= 0.3 is 5.97 Å². The second kappa shape index (κ2) is 13.6. The molecule has 19 heavy (non-hydrogen) atoms. The molecule has 0 rings (SSSR count). The van der Waals surface area contributed by atoms with Gasteiger partial charge in [0.1, 0.15) is 0 Å². The van der Waals surface area contributed by atoms with E-state index in [1.807, 2.05) is 0 Å². The van der Waals surface area contributed by atoms with E-state index in [-0.39, 0.29) is 5.97 Å². The highest BCUT2D eigenvalue weighted by atomic mass is 16.5. The van der Waals surface area contributed by atoms with Gasteiger partial charge in [-0.15, -0.1) is 0 Å². The molecule has 1 unspecified atom stereocenters. The number of rotatable bonds is 12. The van der Waals surface area contributed by atoms with Crippen molar-refractivity contribution >= 4 is 5.97 Å². The summed E-state index contributed by atoms with van der Waals surface area (Å²) in [6.45, 7) is 6.60. The third-order valence-corrected chi connectivity index (χ3v) is 3.30. The lowest BCUT2D eigenvalue weighted by Gasteiger charge is -2.06.